The summed E-state index contributed by atoms with van der Waals surface area (Å²) < 4.78 is 11.7. The Labute approximate surface area is 173 Å². The number of carbonyl (C=O) groups excluding carboxylic acids is 1. The Morgan fingerprint density at radius 2 is 1.59 bits per heavy atom. The Morgan fingerprint density at radius 3 is 2.24 bits per heavy atom. The predicted molar refractivity (Wildman–Crippen MR) is 116 cm³/mol. The quantitative estimate of drug-likeness (QED) is 0.445. The van der Waals surface area contributed by atoms with E-state index in [4.69, 9.17) is 14.5 Å². The summed E-state index contributed by atoms with van der Waals surface area (Å²) in [5.74, 6) is 0.971. The van der Waals surface area contributed by atoms with Gasteiger partial charge in [-0.3, -0.25) is 9.69 Å². The van der Waals surface area contributed by atoms with Crippen LogP contribution in [0.5, 0.6) is 11.5 Å². The first-order valence-corrected chi connectivity index (χ1v) is 9.94. The van der Waals surface area contributed by atoms with Crippen LogP contribution in [0.25, 0.3) is 10.2 Å². The summed E-state index contributed by atoms with van der Waals surface area (Å²) in [5.41, 5.74) is 2.38. The van der Waals surface area contributed by atoms with Gasteiger partial charge >= 0.3 is 0 Å². The molecule has 3 aromatic carbocycles. The van der Waals surface area contributed by atoms with Crippen LogP contribution in [0, 0.1) is 0 Å². The summed E-state index contributed by atoms with van der Waals surface area (Å²) in [7, 11) is 3.14. The number of methoxy groups -OCH3 is 2. The number of fused-ring (bicyclic) bond motifs is 1. The maximum Gasteiger partial charge on any atom is 0.260 e. The van der Waals surface area contributed by atoms with E-state index in [0.29, 0.717) is 28.7 Å². The minimum absolute atomic E-state index is 0.162. The summed E-state index contributed by atoms with van der Waals surface area (Å²) in [4.78, 5) is 19.9. The van der Waals surface area contributed by atoms with Crippen molar-refractivity contribution in [2.24, 2.45) is 0 Å². The van der Waals surface area contributed by atoms with Crippen molar-refractivity contribution in [2.75, 3.05) is 19.1 Å². The second-order valence-corrected chi connectivity index (χ2v) is 7.45. The summed E-state index contributed by atoms with van der Waals surface area (Å²) in [5, 5.41) is 0.654. The van der Waals surface area contributed by atoms with Crippen molar-refractivity contribution in [2.45, 2.75) is 6.54 Å². The van der Waals surface area contributed by atoms with Crippen molar-refractivity contribution in [3.05, 3.63) is 83.9 Å². The fourth-order valence-electron chi connectivity index (χ4n) is 3.05. The van der Waals surface area contributed by atoms with Crippen molar-refractivity contribution in [3.8, 4) is 11.5 Å². The fourth-order valence-corrected chi connectivity index (χ4v) is 4.02. The van der Waals surface area contributed by atoms with E-state index in [0.717, 1.165) is 15.8 Å². The van der Waals surface area contributed by atoms with Crippen molar-refractivity contribution >= 4 is 32.6 Å². The number of hydrogen-bond donors (Lipinski definition) is 0. The Balaban J connectivity index is 1.78. The first kappa shape index (κ1) is 19.0. The lowest BCUT2D eigenvalue weighted by Crippen LogP contribution is -2.30. The lowest BCUT2D eigenvalue weighted by atomic mass is 10.1. The molecule has 29 heavy (non-hydrogen) atoms. The number of anilines is 1. The molecule has 0 aliphatic rings. The SMILES string of the molecule is COc1cc(OC)cc(C(=O)N(Cc2ccccc2)c2nc3ccccc3s2)c1. The minimum Gasteiger partial charge on any atom is -0.497 e. The van der Waals surface area contributed by atoms with Gasteiger partial charge in [-0.05, 0) is 29.8 Å². The number of aromatic nitrogens is 1. The molecule has 0 unspecified atom stereocenters. The molecule has 0 bridgehead atoms. The maximum atomic E-state index is 13.5. The first-order valence-electron chi connectivity index (χ1n) is 9.12. The molecule has 0 saturated carbocycles. The Morgan fingerprint density at radius 1 is 0.931 bits per heavy atom. The van der Waals surface area contributed by atoms with E-state index < -0.39 is 0 Å². The third-order valence-corrected chi connectivity index (χ3v) is 5.60. The molecule has 0 saturated heterocycles. The first-order chi connectivity index (χ1) is 14.2. The Hall–Kier alpha value is -3.38. The van der Waals surface area contributed by atoms with E-state index in [1.807, 2.05) is 54.6 Å². The van der Waals surface area contributed by atoms with Gasteiger partial charge in [-0.1, -0.05) is 53.8 Å². The van der Waals surface area contributed by atoms with Gasteiger partial charge in [-0.2, -0.15) is 0 Å². The molecule has 0 aliphatic carbocycles. The molecule has 146 valence electrons. The summed E-state index contributed by atoms with van der Waals surface area (Å²) >= 11 is 1.50. The molecular weight excluding hydrogens is 384 g/mol. The Bertz CT molecular complexity index is 1090. The van der Waals surface area contributed by atoms with E-state index in [1.54, 1.807) is 37.3 Å². The van der Waals surface area contributed by atoms with Crippen LogP contribution in [0.3, 0.4) is 0 Å². The van der Waals surface area contributed by atoms with Crippen LogP contribution in [0.2, 0.25) is 0 Å². The molecule has 5 nitrogen and oxygen atoms in total. The molecule has 4 rings (SSSR count). The van der Waals surface area contributed by atoms with Crippen molar-refractivity contribution in [1.82, 2.24) is 4.98 Å². The van der Waals surface area contributed by atoms with E-state index >= 15 is 0 Å². The molecule has 1 heterocycles. The second kappa shape index (κ2) is 8.32. The van der Waals surface area contributed by atoms with Gasteiger partial charge in [-0.25, -0.2) is 4.98 Å². The molecule has 0 radical (unpaired) electrons. The monoisotopic (exact) mass is 404 g/mol. The molecular formula is C23H20N2O3S. The Kier molecular flexibility index (Phi) is 5.44. The standard InChI is InChI=1S/C23H20N2O3S/c1-27-18-12-17(13-19(14-18)28-2)22(26)25(15-16-8-4-3-5-9-16)23-24-20-10-6-7-11-21(20)29-23/h3-14H,15H2,1-2H3. The average molecular weight is 404 g/mol. The molecule has 0 fully saturated rings. The number of amides is 1. The van der Waals surface area contributed by atoms with Gasteiger partial charge < -0.3 is 9.47 Å². The third kappa shape index (κ3) is 4.07. The van der Waals surface area contributed by atoms with Gasteiger partial charge in [0.2, 0.25) is 0 Å². The molecule has 0 N–H and O–H groups in total. The van der Waals surface area contributed by atoms with Crippen LogP contribution >= 0.6 is 11.3 Å². The maximum absolute atomic E-state index is 13.5. The van der Waals surface area contributed by atoms with E-state index in [1.165, 1.54) is 11.3 Å². The van der Waals surface area contributed by atoms with Crippen LogP contribution < -0.4 is 14.4 Å². The van der Waals surface area contributed by atoms with E-state index in [-0.39, 0.29) is 5.91 Å². The van der Waals surface area contributed by atoms with Gasteiger partial charge in [0.15, 0.2) is 5.13 Å². The number of nitrogens with zero attached hydrogens (tertiary/aromatic N) is 2. The number of hydrogen-bond acceptors (Lipinski definition) is 5. The zero-order valence-electron chi connectivity index (χ0n) is 16.2. The number of benzene rings is 3. The van der Waals surface area contributed by atoms with Crippen LogP contribution in [-0.2, 0) is 6.54 Å². The molecule has 1 amide bonds. The summed E-state index contributed by atoms with van der Waals surface area (Å²) in [6.45, 7) is 0.416. The van der Waals surface area contributed by atoms with Crippen molar-refractivity contribution in [3.63, 3.8) is 0 Å². The molecule has 0 aliphatic heterocycles. The minimum atomic E-state index is -0.162. The highest BCUT2D eigenvalue weighted by Crippen LogP contribution is 2.32. The van der Waals surface area contributed by atoms with Crippen LogP contribution in [0.15, 0.2) is 72.8 Å². The van der Waals surface area contributed by atoms with Gasteiger partial charge in [0.05, 0.1) is 31.0 Å². The van der Waals surface area contributed by atoms with Gasteiger partial charge in [0.25, 0.3) is 5.91 Å². The largest absolute Gasteiger partial charge is 0.497 e. The normalized spacial score (nSPS) is 10.7. The molecule has 0 atom stereocenters. The number of rotatable bonds is 6. The van der Waals surface area contributed by atoms with Gasteiger partial charge in [0, 0.05) is 11.6 Å². The zero-order valence-corrected chi connectivity index (χ0v) is 17.0. The van der Waals surface area contributed by atoms with E-state index in [2.05, 4.69) is 0 Å². The third-order valence-electron chi connectivity index (χ3n) is 4.54. The molecule has 6 heteroatoms. The average Bonchev–Trinajstić information content (AvgIpc) is 3.21. The highest BCUT2D eigenvalue weighted by molar-refractivity contribution is 7.22. The second-order valence-electron chi connectivity index (χ2n) is 6.44. The highest BCUT2D eigenvalue weighted by Gasteiger charge is 2.23. The fraction of sp³-hybridized carbons (Fsp3) is 0.130. The van der Waals surface area contributed by atoms with Gasteiger partial charge in [0.1, 0.15) is 11.5 Å². The smallest absolute Gasteiger partial charge is 0.260 e. The predicted octanol–water partition coefficient (Wildman–Crippen LogP) is 5.16. The van der Waals surface area contributed by atoms with Gasteiger partial charge in [-0.15, -0.1) is 0 Å². The highest BCUT2D eigenvalue weighted by atomic mass is 32.1. The lowest BCUT2D eigenvalue weighted by Gasteiger charge is -2.21. The van der Waals surface area contributed by atoms with Crippen LogP contribution in [0.4, 0.5) is 5.13 Å². The van der Waals surface area contributed by atoms with E-state index in [9.17, 15) is 4.79 Å². The molecule has 4 aromatic rings. The van der Waals surface area contributed by atoms with Crippen molar-refractivity contribution in [1.29, 1.82) is 0 Å². The zero-order chi connectivity index (χ0) is 20.2. The van der Waals surface area contributed by atoms with Crippen molar-refractivity contribution < 1.29 is 14.3 Å². The number of thiazole rings is 1. The molecule has 0 spiro atoms. The molecule has 1 aromatic heterocycles. The number of para-hydroxylation sites is 1. The number of carbonyl (C=O) groups is 1. The van der Waals surface area contributed by atoms with Crippen LogP contribution in [0.1, 0.15) is 15.9 Å². The number of ether oxygens (including phenoxy) is 2. The summed E-state index contributed by atoms with van der Waals surface area (Å²) in [6, 6.07) is 23.0. The summed E-state index contributed by atoms with van der Waals surface area (Å²) in [6.07, 6.45) is 0. The topological polar surface area (TPSA) is 51.7 Å². The van der Waals surface area contributed by atoms with Crippen LogP contribution in [-0.4, -0.2) is 25.1 Å². The lowest BCUT2D eigenvalue weighted by molar-refractivity contribution is 0.0984.